The first-order chi connectivity index (χ1) is 10.1. The van der Waals surface area contributed by atoms with Gasteiger partial charge in [0, 0.05) is 15.6 Å². The maximum absolute atomic E-state index is 4.94. The van der Waals surface area contributed by atoms with Crippen LogP contribution in [0.25, 0.3) is 10.1 Å². The molecule has 0 saturated carbocycles. The largest absolute Gasteiger partial charge is 0.339 e. The van der Waals surface area contributed by atoms with Crippen LogP contribution in [0.1, 0.15) is 24.3 Å². The van der Waals surface area contributed by atoms with Crippen LogP contribution >= 0.6 is 11.3 Å². The molecule has 0 atom stereocenters. The summed E-state index contributed by atoms with van der Waals surface area (Å²) in [7, 11) is 0. The van der Waals surface area contributed by atoms with Crippen molar-refractivity contribution in [3.05, 3.63) is 65.0 Å². The third kappa shape index (κ3) is 1.96. The van der Waals surface area contributed by atoms with Crippen LogP contribution in [-0.4, -0.2) is 5.84 Å². The summed E-state index contributed by atoms with van der Waals surface area (Å²) in [6, 6.07) is 18.9. The molecule has 0 unspecified atom stereocenters. The predicted molar refractivity (Wildman–Crippen MR) is 91.5 cm³/mol. The number of nitrogens with zero attached hydrogens (tertiary/aromatic N) is 1. The molecule has 0 amide bonds. The van der Waals surface area contributed by atoms with Crippen LogP contribution in [0.2, 0.25) is 0 Å². The van der Waals surface area contributed by atoms with Crippen LogP contribution in [0.3, 0.4) is 0 Å². The molecule has 2 aromatic carbocycles. The molecule has 1 aliphatic rings. The van der Waals surface area contributed by atoms with Crippen LogP contribution in [0.15, 0.2) is 59.6 Å². The van der Waals surface area contributed by atoms with Gasteiger partial charge in [-0.25, -0.2) is 0 Å². The van der Waals surface area contributed by atoms with Gasteiger partial charge in [-0.15, -0.1) is 11.3 Å². The Morgan fingerprint density at radius 3 is 2.48 bits per heavy atom. The Bertz CT molecular complexity index is 844. The minimum Gasteiger partial charge on any atom is -0.339 e. The quantitative estimate of drug-likeness (QED) is 0.670. The van der Waals surface area contributed by atoms with Crippen LogP contribution in [-0.2, 0) is 5.54 Å². The average Bonchev–Trinajstić information content (AvgIpc) is 2.88. The minimum atomic E-state index is -0.199. The molecule has 0 aliphatic carbocycles. The number of thiophene rings is 1. The maximum Gasteiger partial charge on any atom is 0.133 e. The Morgan fingerprint density at radius 2 is 1.67 bits per heavy atom. The van der Waals surface area contributed by atoms with E-state index < -0.39 is 0 Å². The number of amidine groups is 1. The molecule has 3 aromatic rings. The van der Waals surface area contributed by atoms with Crippen LogP contribution < -0.4 is 5.32 Å². The molecule has 1 N–H and O–H groups in total. The maximum atomic E-state index is 4.94. The van der Waals surface area contributed by atoms with Crippen molar-refractivity contribution < 1.29 is 0 Å². The van der Waals surface area contributed by atoms with E-state index in [1.165, 1.54) is 20.7 Å². The molecule has 2 nitrogen and oxygen atoms in total. The monoisotopic (exact) mass is 292 g/mol. The van der Waals surface area contributed by atoms with Crippen molar-refractivity contribution in [1.82, 2.24) is 0 Å². The predicted octanol–water partition coefficient (Wildman–Crippen LogP) is 5.01. The number of fused-ring (bicyclic) bond motifs is 3. The molecule has 0 saturated heterocycles. The number of aliphatic imine (C=N–C) groups is 1. The fourth-order valence-corrected chi connectivity index (χ4v) is 4.01. The number of hydrogen-bond acceptors (Lipinski definition) is 3. The standard InChI is InChI=1S/C18H16N2S/c1-18(2)16-15(13-10-6-7-11-14(13)21-16)19-17(20-18)12-8-4-3-5-9-12/h3-11H,1-2H3,(H,19,20). The number of anilines is 1. The zero-order valence-corrected chi connectivity index (χ0v) is 12.9. The summed E-state index contributed by atoms with van der Waals surface area (Å²) >= 11 is 1.83. The third-order valence-corrected chi connectivity index (χ3v) is 5.32. The molecule has 104 valence electrons. The van der Waals surface area contributed by atoms with E-state index >= 15 is 0 Å². The van der Waals surface area contributed by atoms with Gasteiger partial charge in [-0.05, 0) is 19.9 Å². The Balaban J connectivity index is 1.92. The summed E-state index contributed by atoms with van der Waals surface area (Å²) in [4.78, 5) is 6.25. The van der Waals surface area contributed by atoms with E-state index in [-0.39, 0.29) is 5.54 Å². The van der Waals surface area contributed by atoms with E-state index in [0.717, 1.165) is 11.4 Å². The van der Waals surface area contributed by atoms with Crippen LogP contribution in [0, 0.1) is 0 Å². The fraction of sp³-hybridized carbons (Fsp3) is 0.167. The summed E-state index contributed by atoms with van der Waals surface area (Å²) in [5.74, 6) is 0.955. The molecule has 2 heterocycles. The van der Waals surface area contributed by atoms with Crippen molar-refractivity contribution in [2.45, 2.75) is 19.4 Å². The second-order valence-electron chi connectivity index (χ2n) is 5.81. The van der Waals surface area contributed by atoms with Crippen molar-refractivity contribution in [2.24, 2.45) is 4.99 Å². The fourth-order valence-electron chi connectivity index (χ4n) is 2.81. The summed E-state index contributed by atoms with van der Waals surface area (Å²) in [5.41, 5.74) is 2.15. The number of nitrogens with one attached hydrogen (secondary N) is 1. The lowest BCUT2D eigenvalue weighted by Gasteiger charge is -2.28. The lowest BCUT2D eigenvalue weighted by Crippen LogP contribution is -2.27. The van der Waals surface area contributed by atoms with Gasteiger partial charge in [0.25, 0.3) is 0 Å². The molecule has 4 rings (SSSR count). The summed E-state index contributed by atoms with van der Waals surface area (Å²) < 4.78 is 1.31. The summed E-state index contributed by atoms with van der Waals surface area (Å²) in [6.45, 7) is 4.37. The van der Waals surface area contributed by atoms with Gasteiger partial charge in [-0.2, -0.15) is 0 Å². The number of benzene rings is 2. The van der Waals surface area contributed by atoms with Crippen LogP contribution in [0.5, 0.6) is 0 Å². The van der Waals surface area contributed by atoms with Gasteiger partial charge < -0.3 is 5.32 Å². The van der Waals surface area contributed by atoms with Crippen LogP contribution in [0.4, 0.5) is 5.69 Å². The van der Waals surface area contributed by atoms with Crippen molar-refractivity contribution in [1.29, 1.82) is 0 Å². The molecule has 21 heavy (non-hydrogen) atoms. The highest BCUT2D eigenvalue weighted by Crippen LogP contribution is 2.45. The van der Waals surface area contributed by atoms with Gasteiger partial charge in [-0.3, -0.25) is 4.99 Å². The zero-order valence-electron chi connectivity index (χ0n) is 12.1. The highest BCUT2D eigenvalue weighted by molar-refractivity contribution is 7.20. The summed E-state index contributed by atoms with van der Waals surface area (Å²) in [6.07, 6.45) is 0. The molecular weight excluding hydrogens is 276 g/mol. The van der Waals surface area contributed by atoms with Gasteiger partial charge in [0.15, 0.2) is 0 Å². The first-order valence-electron chi connectivity index (χ1n) is 7.09. The Kier molecular flexibility index (Phi) is 2.66. The SMILES string of the molecule is CC1(C)N=C(c2ccccc2)Nc2c1sc1ccccc21. The number of hydrogen-bond donors (Lipinski definition) is 1. The van der Waals surface area contributed by atoms with Gasteiger partial charge in [0.2, 0.25) is 0 Å². The molecule has 0 spiro atoms. The van der Waals surface area contributed by atoms with Crippen molar-refractivity contribution >= 4 is 32.9 Å². The van der Waals surface area contributed by atoms with Gasteiger partial charge in [0.1, 0.15) is 5.84 Å². The zero-order chi connectivity index (χ0) is 14.4. The Labute approximate surface area is 128 Å². The highest BCUT2D eigenvalue weighted by Gasteiger charge is 2.32. The van der Waals surface area contributed by atoms with E-state index in [0.29, 0.717) is 0 Å². The molecular formula is C18H16N2S. The van der Waals surface area contributed by atoms with E-state index in [4.69, 9.17) is 4.99 Å². The van der Waals surface area contributed by atoms with Crippen molar-refractivity contribution in [3.63, 3.8) is 0 Å². The second kappa shape index (κ2) is 4.43. The van der Waals surface area contributed by atoms with E-state index in [2.05, 4.69) is 55.6 Å². The first kappa shape index (κ1) is 12.6. The Morgan fingerprint density at radius 1 is 0.952 bits per heavy atom. The molecule has 3 heteroatoms. The molecule has 1 aromatic heterocycles. The molecule has 1 aliphatic heterocycles. The van der Waals surface area contributed by atoms with Crippen molar-refractivity contribution in [2.75, 3.05) is 5.32 Å². The smallest absolute Gasteiger partial charge is 0.133 e. The normalized spacial score (nSPS) is 16.2. The third-order valence-electron chi connectivity index (χ3n) is 3.83. The number of rotatable bonds is 1. The second-order valence-corrected chi connectivity index (χ2v) is 6.86. The highest BCUT2D eigenvalue weighted by atomic mass is 32.1. The van der Waals surface area contributed by atoms with Gasteiger partial charge >= 0.3 is 0 Å². The molecule has 0 radical (unpaired) electrons. The Hall–Kier alpha value is -2.13. The average molecular weight is 292 g/mol. The van der Waals surface area contributed by atoms with Gasteiger partial charge in [0.05, 0.1) is 16.1 Å². The lowest BCUT2D eigenvalue weighted by molar-refractivity contribution is 0.568. The van der Waals surface area contributed by atoms with E-state index in [1.807, 2.05) is 29.5 Å². The lowest BCUT2D eigenvalue weighted by atomic mass is 9.98. The van der Waals surface area contributed by atoms with Gasteiger partial charge in [-0.1, -0.05) is 48.5 Å². The summed E-state index contributed by atoms with van der Waals surface area (Å²) in [5, 5.41) is 4.84. The minimum absolute atomic E-state index is 0.199. The molecule has 0 bridgehead atoms. The molecule has 0 fully saturated rings. The first-order valence-corrected chi connectivity index (χ1v) is 7.91. The van der Waals surface area contributed by atoms with Crippen molar-refractivity contribution in [3.8, 4) is 0 Å². The van der Waals surface area contributed by atoms with E-state index in [1.54, 1.807) is 0 Å². The van der Waals surface area contributed by atoms with E-state index in [9.17, 15) is 0 Å². The topological polar surface area (TPSA) is 24.4 Å².